The van der Waals surface area contributed by atoms with Crippen molar-refractivity contribution < 1.29 is 26.2 Å². The fourth-order valence-electron chi connectivity index (χ4n) is 7.00. The van der Waals surface area contributed by atoms with Gasteiger partial charge < -0.3 is 14.9 Å². The number of rotatable bonds is 6. The molecule has 0 aliphatic carbocycles. The Bertz CT molecular complexity index is 1660. The topological polar surface area (TPSA) is 0 Å². The van der Waals surface area contributed by atoms with E-state index in [9.17, 15) is 0 Å². The summed E-state index contributed by atoms with van der Waals surface area (Å²) in [6.45, 7) is 14.3. The standard InChI is InChI=1S/C38H38Si.2CH3.Zr/c1-7-27-15-19-29(20-16-27)33-13-9-11-31-23-25(3)37(35(31)33)39(5,6)38-26(4)24-32-12-10-14-34(36(32)38)30-21-17-28(8-2)18-22-30;;;/h9-24H,7-8H2,1-6H3;2*1H3;/q-2;2*-1;+4. The summed E-state index contributed by atoms with van der Waals surface area (Å²) in [5.74, 6) is 0. The predicted molar refractivity (Wildman–Crippen MR) is 188 cm³/mol. The van der Waals surface area contributed by atoms with Gasteiger partial charge >= 0.3 is 26.2 Å². The van der Waals surface area contributed by atoms with Crippen LogP contribution in [-0.2, 0) is 39.0 Å². The van der Waals surface area contributed by atoms with E-state index in [-0.39, 0.29) is 41.1 Å². The van der Waals surface area contributed by atoms with Crippen LogP contribution in [0.25, 0.3) is 43.8 Å². The summed E-state index contributed by atoms with van der Waals surface area (Å²) in [7, 11) is -2.13. The van der Waals surface area contributed by atoms with Gasteiger partial charge in [-0.1, -0.05) is 113 Å². The molecule has 0 heterocycles. The van der Waals surface area contributed by atoms with Gasteiger partial charge in [-0.2, -0.15) is 10.4 Å². The summed E-state index contributed by atoms with van der Waals surface area (Å²) >= 11 is 0. The van der Waals surface area contributed by atoms with Crippen molar-refractivity contribution in [1.29, 1.82) is 0 Å². The third kappa shape index (κ3) is 5.61. The summed E-state index contributed by atoms with van der Waals surface area (Å²) < 4.78 is 0. The maximum Gasteiger partial charge on any atom is 4.00 e. The van der Waals surface area contributed by atoms with Gasteiger partial charge in [-0.05, 0) is 35.1 Å². The number of hydrogen-bond donors (Lipinski definition) is 0. The van der Waals surface area contributed by atoms with Crippen LogP contribution in [0.1, 0.15) is 36.1 Å². The van der Waals surface area contributed by atoms with Crippen molar-refractivity contribution in [2.24, 2.45) is 0 Å². The smallest absolute Gasteiger partial charge is 0.358 e. The zero-order valence-electron chi connectivity index (χ0n) is 26.7. The molecule has 2 heteroatoms. The monoisotopic (exact) mass is 642 g/mol. The molecule has 0 nitrogen and oxygen atoms in total. The third-order valence-corrected chi connectivity index (χ3v) is 12.6. The average Bonchev–Trinajstić information content (AvgIpc) is 3.49. The van der Waals surface area contributed by atoms with Crippen LogP contribution in [-0.4, -0.2) is 8.07 Å². The summed E-state index contributed by atoms with van der Waals surface area (Å²) in [6.07, 6.45) is 2.13. The molecule has 0 saturated carbocycles. The van der Waals surface area contributed by atoms with E-state index in [0.29, 0.717) is 0 Å². The van der Waals surface area contributed by atoms with E-state index in [1.165, 1.54) is 66.1 Å². The summed E-state index contributed by atoms with van der Waals surface area (Å²) in [6, 6.07) is 37.0. The molecule has 6 rings (SSSR count). The number of aryl methyl sites for hydroxylation is 4. The second kappa shape index (κ2) is 13.2. The molecule has 0 aliphatic rings. The molecule has 0 N–H and O–H groups in total. The zero-order chi connectivity index (χ0) is 27.3. The summed E-state index contributed by atoms with van der Waals surface area (Å²) in [4.78, 5) is 0. The van der Waals surface area contributed by atoms with Crippen LogP contribution in [0.2, 0.25) is 13.1 Å². The van der Waals surface area contributed by atoms with Crippen molar-refractivity contribution >= 4 is 40.0 Å². The fourth-order valence-corrected chi connectivity index (χ4v) is 11.2. The molecule has 0 fully saturated rings. The van der Waals surface area contributed by atoms with Crippen LogP contribution in [0.5, 0.6) is 0 Å². The molecule has 0 atom stereocenters. The van der Waals surface area contributed by atoms with Crippen LogP contribution in [0.3, 0.4) is 0 Å². The van der Waals surface area contributed by atoms with Gasteiger partial charge in [0.2, 0.25) is 0 Å². The van der Waals surface area contributed by atoms with Crippen molar-refractivity contribution in [3.8, 4) is 22.3 Å². The minimum Gasteiger partial charge on any atom is -0.358 e. The Morgan fingerprint density at radius 2 is 0.905 bits per heavy atom. The maximum absolute atomic E-state index is 2.57. The molecule has 212 valence electrons. The molecule has 42 heavy (non-hydrogen) atoms. The minimum absolute atomic E-state index is 0. The molecule has 0 amide bonds. The molecule has 0 aromatic heterocycles. The van der Waals surface area contributed by atoms with E-state index in [0.717, 1.165) is 12.8 Å². The SMILES string of the molecule is CCc1ccc(-c2cccc3[cH-]c(C)c([Si](C)(C)c4c(C)[cH-]c5cccc(-c6ccc(CC)cc6)c45)c23)cc1.[CH3-].[CH3-].[Zr+4]. The number of benzene rings is 4. The second-order valence-corrected chi connectivity index (χ2v) is 15.9. The molecule has 0 aliphatic heterocycles. The molecule has 6 aromatic rings. The molecule has 0 saturated heterocycles. The normalized spacial score (nSPS) is 11.2. The minimum atomic E-state index is -2.13. The number of fused-ring (bicyclic) bond motifs is 2. The van der Waals surface area contributed by atoms with Crippen LogP contribution in [0, 0.1) is 28.7 Å². The first-order valence-electron chi connectivity index (χ1n) is 14.4. The largest absolute Gasteiger partial charge is 4.00 e. The van der Waals surface area contributed by atoms with Gasteiger partial charge in [-0.25, -0.2) is 0 Å². The molecule has 0 bridgehead atoms. The van der Waals surface area contributed by atoms with Crippen LogP contribution in [0.4, 0.5) is 0 Å². The van der Waals surface area contributed by atoms with Gasteiger partial charge in [0.25, 0.3) is 0 Å². The summed E-state index contributed by atoms with van der Waals surface area (Å²) in [5.41, 5.74) is 11.0. The van der Waals surface area contributed by atoms with E-state index in [4.69, 9.17) is 0 Å². The van der Waals surface area contributed by atoms with E-state index < -0.39 is 8.07 Å². The van der Waals surface area contributed by atoms with Gasteiger partial charge in [0.05, 0.1) is 0 Å². The first kappa shape index (κ1) is 33.7. The van der Waals surface area contributed by atoms with Crippen molar-refractivity contribution in [3.63, 3.8) is 0 Å². The first-order chi connectivity index (χ1) is 18.8. The van der Waals surface area contributed by atoms with Crippen LogP contribution >= 0.6 is 0 Å². The predicted octanol–water partition coefficient (Wildman–Crippen LogP) is 10.2. The Hall–Kier alpha value is -2.80. The van der Waals surface area contributed by atoms with Crippen LogP contribution in [0.15, 0.2) is 97.1 Å². The molecule has 0 spiro atoms. The fraction of sp³-hybridized carbons (Fsp3) is 0.200. The molecule has 0 unspecified atom stereocenters. The van der Waals surface area contributed by atoms with E-state index >= 15 is 0 Å². The van der Waals surface area contributed by atoms with E-state index in [1.807, 2.05) is 0 Å². The molecular weight excluding hydrogens is 600 g/mol. The quantitative estimate of drug-likeness (QED) is 0.125. The van der Waals surface area contributed by atoms with Crippen molar-refractivity contribution in [2.75, 3.05) is 0 Å². The Kier molecular flexibility index (Phi) is 10.6. The molecule has 0 radical (unpaired) electrons. The first-order valence-corrected chi connectivity index (χ1v) is 17.4. The second-order valence-electron chi connectivity index (χ2n) is 11.7. The Balaban J connectivity index is 0.00000161. The number of hydrogen-bond acceptors (Lipinski definition) is 0. The van der Waals surface area contributed by atoms with E-state index in [1.54, 1.807) is 10.4 Å². The van der Waals surface area contributed by atoms with Crippen LogP contribution < -0.4 is 10.4 Å². The van der Waals surface area contributed by atoms with Gasteiger partial charge in [0.15, 0.2) is 0 Å². The average molecular weight is 644 g/mol. The Morgan fingerprint density at radius 3 is 1.24 bits per heavy atom. The third-order valence-electron chi connectivity index (χ3n) is 8.82. The van der Waals surface area contributed by atoms with Crippen molar-refractivity contribution in [2.45, 2.75) is 53.6 Å². The molecule has 6 aromatic carbocycles. The maximum atomic E-state index is 2.57. The molecular formula is C40H44SiZr. The van der Waals surface area contributed by atoms with Crippen molar-refractivity contribution in [3.05, 3.63) is 134 Å². The van der Waals surface area contributed by atoms with Gasteiger partial charge in [-0.3, -0.25) is 0 Å². The Labute approximate surface area is 274 Å². The zero-order valence-corrected chi connectivity index (χ0v) is 30.1. The van der Waals surface area contributed by atoms with Gasteiger partial charge in [-0.15, -0.1) is 69.1 Å². The van der Waals surface area contributed by atoms with Gasteiger partial charge in [0, 0.05) is 8.07 Å². The van der Waals surface area contributed by atoms with Crippen molar-refractivity contribution in [1.82, 2.24) is 0 Å². The summed E-state index contributed by atoms with van der Waals surface area (Å²) in [5, 5.41) is 8.80. The van der Waals surface area contributed by atoms with Gasteiger partial charge in [0.1, 0.15) is 0 Å². The Morgan fingerprint density at radius 1 is 0.548 bits per heavy atom. The van der Waals surface area contributed by atoms with E-state index in [2.05, 4.69) is 138 Å².